The average molecular weight is 393 g/mol. The second-order valence-electron chi connectivity index (χ2n) is 4.32. The Labute approximate surface area is 151 Å². The minimum Gasteiger partial charge on any atom is -0.529 e. The second kappa shape index (κ2) is 7.27. The van der Waals surface area contributed by atoms with E-state index in [0.717, 1.165) is 0 Å². The SMILES string of the molecule is O=C([O-])N(C(=O)Nc1cc(Cl)cc(Cl)c1)c1cc(Cl)cc(Cl)c1. The van der Waals surface area contributed by atoms with Crippen LogP contribution in [-0.2, 0) is 0 Å². The van der Waals surface area contributed by atoms with E-state index in [1.165, 1.54) is 36.4 Å². The van der Waals surface area contributed by atoms with Crippen LogP contribution in [0.5, 0.6) is 0 Å². The Morgan fingerprint density at radius 2 is 1.26 bits per heavy atom. The van der Waals surface area contributed by atoms with Gasteiger partial charge in [0.1, 0.15) is 6.09 Å². The topological polar surface area (TPSA) is 72.5 Å². The smallest absolute Gasteiger partial charge is 0.331 e. The van der Waals surface area contributed by atoms with E-state index in [9.17, 15) is 14.7 Å². The summed E-state index contributed by atoms with van der Waals surface area (Å²) in [7, 11) is 0. The van der Waals surface area contributed by atoms with E-state index in [2.05, 4.69) is 5.32 Å². The van der Waals surface area contributed by atoms with Gasteiger partial charge >= 0.3 is 6.03 Å². The molecule has 1 N–H and O–H groups in total. The Hall–Kier alpha value is -1.66. The zero-order valence-corrected chi connectivity index (χ0v) is 14.2. The molecule has 0 saturated heterocycles. The molecule has 0 fully saturated rings. The molecular formula is C14H7Cl4N2O3-. The lowest BCUT2D eigenvalue weighted by Crippen LogP contribution is -2.47. The molecule has 120 valence electrons. The second-order valence-corrected chi connectivity index (χ2v) is 6.06. The molecule has 0 saturated carbocycles. The van der Waals surface area contributed by atoms with Crippen LogP contribution >= 0.6 is 46.4 Å². The third-order valence-electron chi connectivity index (χ3n) is 2.61. The standard InChI is InChI=1S/C14H8Cl4N2O3/c15-7-1-8(16)4-11(3-7)19-13(21)20(14(22)23)12-5-9(17)2-10(18)6-12/h1-6H,(H,19,21)(H,22,23)/p-1. The van der Waals surface area contributed by atoms with Crippen LogP contribution in [0.4, 0.5) is 21.0 Å². The normalized spacial score (nSPS) is 10.3. The first-order valence-electron chi connectivity index (χ1n) is 6.00. The van der Waals surface area contributed by atoms with Crippen molar-refractivity contribution in [2.75, 3.05) is 10.2 Å². The van der Waals surface area contributed by atoms with Crippen LogP contribution in [0.25, 0.3) is 0 Å². The number of carboxylic acid groups (broad SMARTS) is 1. The molecule has 23 heavy (non-hydrogen) atoms. The monoisotopic (exact) mass is 391 g/mol. The van der Waals surface area contributed by atoms with Gasteiger partial charge in [-0.25, -0.2) is 9.69 Å². The first-order chi connectivity index (χ1) is 10.8. The molecule has 0 aliphatic carbocycles. The fraction of sp³-hybridized carbons (Fsp3) is 0. The van der Waals surface area contributed by atoms with Crippen LogP contribution in [0.2, 0.25) is 20.1 Å². The van der Waals surface area contributed by atoms with E-state index < -0.39 is 12.1 Å². The number of carbonyl (C=O) groups is 2. The fourth-order valence-electron chi connectivity index (χ4n) is 1.78. The van der Waals surface area contributed by atoms with Crippen LogP contribution in [0, 0.1) is 0 Å². The van der Waals surface area contributed by atoms with Gasteiger partial charge in [0.15, 0.2) is 0 Å². The Bertz CT molecular complexity index is 742. The largest absolute Gasteiger partial charge is 0.529 e. The van der Waals surface area contributed by atoms with Crippen molar-refractivity contribution in [2.24, 2.45) is 0 Å². The van der Waals surface area contributed by atoms with Crippen molar-refractivity contribution in [1.82, 2.24) is 0 Å². The van der Waals surface area contributed by atoms with Gasteiger partial charge < -0.3 is 15.2 Å². The predicted octanol–water partition coefficient (Wildman–Crippen LogP) is 4.68. The highest BCUT2D eigenvalue weighted by atomic mass is 35.5. The highest BCUT2D eigenvalue weighted by Crippen LogP contribution is 2.27. The van der Waals surface area contributed by atoms with E-state index in [0.29, 0.717) is 4.90 Å². The quantitative estimate of drug-likeness (QED) is 0.806. The number of imide groups is 1. The highest BCUT2D eigenvalue weighted by Gasteiger charge is 2.19. The molecule has 0 bridgehead atoms. The summed E-state index contributed by atoms with van der Waals surface area (Å²) in [5.41, 5.74) is 0.153. The average Bonchev–Trinajstić information content (AvgIpc) is 2.35. The number of carbonyl (C=O) groups excluding carboxylic acids is 2. The molecule has 0 spiro atoms. The summed E-state index contributed by atoms with van der Waals surface area (Å²) in [4.78, 5) is 23.9. The number of rotatable bonds is 2. The van der Waals surface area contributed by atoms with Gasteiger partial charge in [0.05, 0.1) is 5.69 Å². The molecule has 9 heteroatoms. The van der Waals surface area contributed by atoms with Crippen molar-refractivity contribution < 1.29 is 14.7 Å². The molecule has 0 aliphatic heterocycles. The minimum atomic E-state index is -1.76. The van der Waals surface area contributed by atoms with Gasteiger partial charge in [-0.15, -0.1) is 0 Å². The molecule has 5 nitrogen and oxygen atoms in total. The summed E-state index contributed by atoms with van der Waals surface area (Å²) in [5.74, 6) is 0. The van der Waals surface area contributed by atoms with Gasteiger partial charge in [-0.3, -0.25) is 0 Å². The molecule has 0 unspecified atom stereocenters. The molecule has 0 radical (unpaired) electrons. The van der Waals surface area contributed by atoms with E-state index in [1.807, 2.05) is 0 Å². The molecule has 3 amide bonds. The number of nitrogens with one attached hydrogen (secondary N) is 1. The van der Waals surface area contributed by atoms with Crippen LogP contribution in [0.3, 0.4) is 0 Å². The van der Waals surface area contributed by atoms with Crippen molar-refractivity contribution in [2.45, 2.75) is 0 Å². The summed E-state index contributed by atoms with van der Waals surface area (Å²) >= 11 is 23.3. The van der Waals surface area contributed by atoms with E-state index in [-0.39, 0.29) is 31.5 Å². The van der Waals surface area contributed by atoms with Gasteiger partial charge in [0.2, 0.25) is 0 Å². The number of anilines is 2. The van der Waals surface area contributed by atoms with Gasteiger partial charge in [-0.05, 0) is 36.4 Å². The maximum Gasteiger partial charge on any atom is 0.331 e. The molecule has 0 aliphatic rings. The van der Waals surface area contributed by atoms with Gasteiger partial charge in [-0.1, -0.05) is 46.4 Å². The maximum absolute atomic E-state index is 12.2. The van der Waals surface area contributed by atoms with Gasteiger partial charge in [-0.2, -0.15) is 0 Å². The Morgan fingerprint density at radius 3 is 1.70 bits per heavy atom. The number of hydrogen-bond donors (Lipinski definition) is 1. The lowest BCUT2D eigenvalue weighted by molar-refractivity contribution is -0.245. The number of urea groups is 1. The summed E-state index contributed by atoms with van der Waals surface area (Å²) in [5, 5.41) is 14.5. The van der Waals surface area contributed by atoms with Crippen LogP contribution in [0.15, 0.2) is 36.4 Å². The minimum absolute atomic E-state index is 0.0619. The Balaban J connectivity index is 2.33. The zero-order valence-electron chi connectivity index (χ0n) is 11.1. The summed E-state index contributed by atoms with van der Waals surface area (Å²) in [6, 6.07) is 7.19. The van der Waals surface area contributed by atoms with Crippen molar-refractivity contribution in [3.05, 3.63) is 56.5 Å². The maximum atomic E-state index is 12.2. The summed E-state index contributed by atoms with van der Waals surface area (Å²) < 4.78 is 0. The first-order valence-corrected chi connectivity index (χ1v) is 7.52. The predicted molar refractivity (Wildman–Crippen MR) is 89.8 cm³/mol. The fourth-order valence-corrected chi connectivity index (χ4v) is 2.82. The molecule has 0 atom stereocenters. The molecule has 2 aromatic rings. The van der Waals surface area contributed by atoms with E-state index in [4.69, 9.17) is 46.4 Å². The zero-order chi connectivity index (χ0) is 17.1. The van der Waals surface area contributed by atoms with Crippen molar-refractivity contribution >= 4 is 69.9 Å². The van der Waals surface area contributed by atoms with Gasteiger partial charge in [0, 0.05) is 25.8 Å². The third-order valence-corrected chi connectivity index (χ3v) is 3.48. The number of nitrogens with zero attached hydrogens (tertiary/aromatic N) is 1. The van der Waals surface area contributed by atoms with Crippen molar-refractivity contribution in [3.63, 3.8) is 0 Å². The van der Waals surface area contributed by atoms with Crippen molar-refractivity contribution in [3.8, 4) is 0 Å². The van der Waals surface area contributed by atoms with E-state index >= 15 is 0 Å². The number of benzene rings is 2. The van der Waals surface area contributed by atoms with Crippen molar-refractivity contribution in [1.29, 1.82) is 0 Å². The summed E-state index contributed by atoms with van der Waals surface area (Å²) in [6.07, 6.45) is -1.76. The van der Waals surface area contributed by atoms with E-state index in [1.54, 1.807) is 0 Å². The molecule has 2 aromatic carbocycles. The molecular weight excluding hydrogens is 386 g/mol. The lowest BCUT2D eigenvalue weighted by Gasteiger charge is -2.24. The van der Waals surface area contributed by atoms with Gasteiger partial charge in [0.25, 0.3) is 0 Å². The molecule has 2 rings (SSSR count). The number of amides is 3. The Kier molecular flexibility index (Phi) is 5.59. The lowest BCUT2D eigenvalue weighted by atomic mass is 10.3. The van der Waals surface area contributed by atoms with Crippen LogP contribution < -0.4 is 15.3 Å². The van der Waals surface area contributed by atoms with Crippen LogP contribution in [-0.4, -0.2) is 12.1 Å². The molecule has 0 aromatic heterocycles. The summed E-state index contributed by atoms with van der Waals surface area (Å²) in [6.45, 7) is 0. The Morgan fingerprint density at radius 1 is 0.826 bits per heavy atom. The first kappa shape index (κ1) is 17.7. The highest BCUT2D eigenvalue weighted by molar-refractivity contribution is 6.36. The number of hydrogen-bond acceptors (Lipinski definition) is 3. The number of halogens is 4. The van der Waals surface area contributed by atoms with Crippen LogP contribution in [0.1, 0.15) is 0 Å². The third kappa shape index (κ3) is 4.65. The molecule has 0 heterocycles.